The van der Waals surface area contributed by atoms with Gasteiger partial charge in [-0.15, -0.1) is 0 Å². The molecule has 92 valence electrons. The van der Waals surface area contributed by atoms with Crippen LogP contribution in [0.5, 0.6) is 0 Å². The zero-order valence-electron chi connectivity index (χ0n) is 10.7. The van der Waals surface area contributed by atoms with Crippen LogP contribution < -0.4 is 0 Å². The molecular formula is C15H19FO. The lowest BCUT2D eigenvalue weighted by Crippen LogP contribution is -2.15. The van der Waals surface area contributed by atoms with Gasteiger partial charge in [0.2, 0.25) is 0 Å². The molecule has 1 nitrogen and oxygen atoms in total. The van der Waals surface area contributed by atoms with Crippen LogP contribution in [-0.2, 0) is 0 Å². The molecule has 0 aromatic heterocycles. The molecule has 0 amide bonds. The quantitative estimate of drug-likeness (QED) is 0.705. The fraction of sp³-hybridized carbons (Fsp3) is 0.533. The first-order chi connectivity index (χ1) is 7.99. The number of benzene rings is 1. The van der Waals surface area contributed by atoms with Gasteiger partial charge < -0.3 is 0 Å². The van der Waals surface area contributed by atoms with Crippen LogP contribution in [0.3, 0.4) is 0 Å². The third-order valence-corrected chi connectivity index (χ3v) is 3.74. The van der Waals surface area contributed by atoms with Crippen LogP contribution in [0, 0.1) is 31.5 Å². The van der Waals surface area contributed by atoms with Gasteiger partial charge >= 0.3 is 0 Å². The monoisotopic (exact) mass is 234 g/mol. The van der Waals surface area contributed by atoms with Gasteiger partial charge in [-0.25, -0.2) is 4.39 Å². The van der Waals surface area contributed by atoms with Gasteiger partial charge in [0.1, 0.15) is 5.82 Å². The number of carbonyl (C=O) groups is 1. The third kappa shape index (κ3) is 2.41. The average molecular weight is 234 g/mol. The van der Waals surface area contributed by atoms with Gasteiger partial charge in [-0.3, -0.25) is 4.79 Å². The summed E-state index contributed by atoms with van der Waals surface area (Å²) in [6, 6.07) is 3.34. The molecule has 0 N–H and O–H groups in total. The second kappa shape index (κ2) is 4.59. The van der Waals surface area contributed by atoms with E-state index in [4.69, 9.17) is 0 Å². The van der Waals surface area contributed by atoms with Crippen molar-refractivity contribution in [2.24, 2.45) is 11.8 Å². The minimum absolute atomic E-state index is 0.00403. The summed E-state index contributed by atoms with van der Waals surface area (Å²) >= 11 is 0. The minimum atomic E-state index is -0.355. The molecule has 0 spiro atoms. The summed E-state index contributed by atoms with van der Waals surface area (Å²) in [4.78, 5) is 12.3. The highest BCUT2D eigenvalue weighted by Crippen LogP contribution is 2.34. The maximum atomic E-state index is 13.9. The zero-order chi connectivity index (χ0) is 12.6. The Balaban J connectivity index is 2.31. The summed E-state index contributed by atoms with van der Waals surface area (Å²) in [7, 11) is 0. The fourth-order valence-electron chi connectivity index (χ4n) is 2.88. The molecule has 0 bridgehead atoms. The molecule has 2 atom stereocenters. The zero-order valence-corrected chi connectivity index (χ0v) is 10.7. The van der Waals surface area contributed by atoms with Crippen LogP contribution in [0.25, 0.3) is 0 Å². The van der Waals surface area contributed by atoms with Gasteiger partial charge in [-0.2, -0.15) is 0 Å². The maximum absolute atomic E-state index is 13.9. The summed E-state index contributed by atoms with van der Waals surface area (Å²) in [6.45, 7) is 5.83. The number of rotatable bonds is 2. The Kier molecular flexibility index (Phi) is 3.32. The van der Waals surface area contributed by atoms with E-state index in [2.05, 4.69) is 6.92 Å². The first kappa shape index (κ1) is 12.3. The van der Waals surface area contributed by atoms with Crippen LogP contribution >= 0.6 is 0 Å². The van der Waals surface area contributed by atoms with Crippen LogP contribution in [-0.4, -0.2) is 5.78 Å². The van der Waals surface area contributed by atoms with Crippen LogP contribution in [0.4, 0.5) is 4.39 Å². The molecule has 0 heterocycles. The van der Waals surface area contributed by atoms with Crippen molar-refractivity contribution in [3.8, 4) is 0 Å². The molecule has 1 aliphatic rings. The lowest BCUT2D eigenvalue weighted by molar-refractivity contribution is 0.0915. The Labute approximate surface area is 102 Å². The molecule has 1 aromatic carbocycles. The van der Waals surface area contributed by atoms with Gasteiger partial charge in [0, 0.05) is 5.92 Å². The standard InChI is InChI=1S/C15H19FO/c1-9-4-5-12(7-9)15(17)14-11(3)6-10(2)8-13(14)16/h6,8-9,12H,4-5,7H2,1-3H3. The van der Waals surface area contributed by atoms with Crippen molar-refractivity contribution in [2.75, 3.05) is 0 Å². The number of hydrogen-bond acceptors (Lipinski definition) is 1. The lowest BCUT2D eigenvalue weighted by atomic mass is 9.91. The molecule has 2 unspecified atom stereocenters. The summed E-state index contributed by atoms with van der Waals surface area (Å²) in [5.74, 6) is 0.273. The van der Waals surface area contributed by atoms with Crippen molar-refractivity contribution in [3.63, 3.8) is 0 Å². The summed E-state index contributed by atoms with van der Waals surface area (Å²) in [6.07, 6.45) is 2.90. The van der Waals surface area contributed by atoms with E-state index in [1.165, 1.54) is 6.07 Å². The molecule has 0 aliphatic heterocycles. The number of aryl methyl sites for hydroxylation is 2. The fourth-order valence-corrected chi connectivity index (χ4v) is 2.88. The number of ketones is 1. The number of halogens is 1. The largest absolute Gasteiger partial charge is 0.294 e. The second-order valence-corrected chi connectivity index (χ2v) is 5.42. The molecule has 1 aliphatic carbocycles. The van der Waals surface area contributed by atoms with E-state index in [0.717, 1.165) is 30.4 Å². The van der Waals surface area contributed by atoms with Gasteiger partial charge in [-0.05, 0) is 56.2 Å². The van der Waals surface area contributed by atoms with Crippen molar-refractivity contribution in [1.29, 1.82) is 0 Å². The first-order valence-electron chi connectivity index (χ1n) is 6.30. The van der Waals surface area contributed by atoms with Crippen molar-refractivity contribution >= 4 is 5.78 Å². The lowest BCUT2D eigenvalue weighted by Gasteiger charge is -2.12. The molecule has 1 aromatic rings. The van der Waals surface area contributed by atoms with Crippen LogP contribution in [0.1, 0.15) is 47.7 Å². The van der Waals surface area contributed by atoms with E-state index in [-0.39, 0.29) is 17.5 Å². The normalized spacial score (nSPS) is 24.0. The Hall–Kier alpha value is -1.18. The molecule has 1 fully saturated rings. The third-order valence-electron chi connectivity index (χ3n) is 3.74. The van der Waals surface area contributed by atoms with E-state index in [1.807, 2.05) is 19.9 Å². The summed E-state index contributed by atoms with van der Waals surface area (Å²) in [5, 5.41) is 0. The van der Waals surface area contributed by atoms with Crippen molar-refractivity contribution in [1.82, 2.24) is 0 Å². The first-order valence-corrected chi connectivity index (χ1v) is 6.30. The SMILES string of the molecule is Cc1cc(C)c(C(=O)C2CCC(C)C2)c(F)c1. The second-order valence-electron chi connectivity index (χ2n) is 5.42. The van der Waals surface area contributed by atoms with Gasteiger partial charge in [0.25, 0.3) is 0 Å². The molecule has 0 saturated heterocycles. The smallest absolute Gasteiger partial charge is 0.169 e. The minimum Gasteiger partial charge on any atom is -0.294 e. The summed E-state index contributed by atoms with van der Waals surface area (Å²) < 4.78 is 13.9. The Morgan fingerprint density at radius 1 is 1.29 bits per heavy atom. The maximum Gasteiger partial charge on any atom is 0.169 e. The molecule has 2 rings (SSSR count). The highest BCUT2D eigenvalue weighted by atomic mass is 19.1. The molecule has 17 heavy (non-hydrogen) atoms. The highest BCUT2D eigenvalue weighted by molar-refractivity contribution is 5.99. The van der Waals surface area contributed by atoms with Crippen LogP contribution in [0.2, 0.25) is 0 Å². The van der Waals surface area contributed by atoms with Crippen molar-refractivity contribution < 1.29 is 9.18 Å². The molecule has 0 radical (unpaired) electrons. The molecule has 2 heteroatoms. The predicted molar refractivity (Wildman–Crippen MR) is 66.7 cm³/mol. The summed E-state index contributed by atoms with van der Waals surface area (Å²) in [5.41, 5.74) is 1.96. The van der Waals surface area contributed by atoms with Crippen molar-refractivity contribution in [3.05, 3.63) is 34.6 Å². The highest BCUT2D eigenvalue weighted by Gasteiger charge is 2.30. The van der Waals surface area contributed by atoms with E-state index >= 15 is 0 Å². The number of hydrogen-bond donors (Lipinski definition) is 0. The number of Topliss-reactive ketones (excluding diaryl/α,β-unsaturated/α-hetero) is 1. The molecule has 1 saturated carbocycles. The van der Waals surface area contributed by atoms with Gasteiger partial charge in [-0.1, -0.05) is 13.0 Å². The van der Waals surface area contributed by atoms with E-state index in [1.54, 1.807) is 0 Å². The van der Waals surface area contributed by atoms with Gasteiger partial charge in [0.15, 0.2) is 5.78 Å². The predicted octanol–water partition coefficient (Wildman–Crippen LogP) is 4.06. The average Bonchev–Trinajstić information content (AvgIpc) is 2.63. The van der Waals surface area contributed by atoms with Crippen molar-refractivity contribution in [2.45, 2.75) is 40.0 Å². The Morgan fingerprint density at radius 3 is 2.53 bits per heavy atom. The van der Waals surface area contributed by atoms with Crippen LogP contribution in [0.15, 0.2) is 12.1 Å². The topological polar surface area (TPSA) is 17.1 Å². The Bertz CT molecular complexity index is 427. The Morgan fingerprint density at radius 2 is 2.00 bits per heavy atom. The van der Waals surface area contributed by atoms with E-state index in [9.17, 15) is 9.18 Å². The van der Waals surface area contributed by atoms with E-state index < -0.39 is 0 Å². The molecular weight excluding hydrogens is 215 g/mol. The number of carbonyl (C=O) groups excluding carboxylic acids is 1. The van der Waals surface area contributed by atoms with E-state index in [0.29, 0.717) is 11.5 Å². The van der Waals surface area contributed by atoms with Gasteiger partial charge in [0.05, 0.1) is 5.56 Å².